The summed E-state index contributed by atoms with van der Waals surface area (Å²) in [5, 5.41) is 8.64. The molecule has 0 spiro atoms. The third-order valence-electron chi connectivity index (χ3n) is 4.12. The van der Waals surface area contributed by atoms with Crippen molar-refractivity contribution in [3.05, 3.63) is 59.9 Å². The lowest BCUT2D eigenvalue weighted by atomic mass is 10.2. The highest BCUT2D eigenvalue weighted by atomic mass is 32.2. The number of ether oxygens (including phenoxy) is 1. The van der Waals surface area contributed by atoms with Crippen molar-refractivity contribution in [1.82, 2.24) is 8.87 Å². The Morgan fingerprint density at radius 1 is 1.15 bits per heavy atom. The molecule has 0 saturated carbocycles. The van der Waals surface area contributed by atoms with E-state index in [9.17, 15) is 13.2 Å². The number of carboxylic acid groups (broad SMARTS) is 1. The van der Waals surface area contributed by atoms with Crippen LogP contribution >= 0.6 is 0 Å². The van der Waals surface area contributed by atoms with Crippen molar-refractivity contribution in [3.63, 3.8) is 0 Å². The van der Waals surface area contributed by atoms with Crippen LogP contribution in [0.15, 0.2) is 53.7 Å². The Morgan fingerprint density at radius 3 is 2.50 bits per heavy atom. The molecule has 2 heterocycles. The van der Waals surface area contributed by atoms with E-state index in [4.69, 9.17) is 9.84 Å². The molecular formula is C18H20N2O5S. The Bertz CT molecular complexity index is 894. The summed E-state index contributed by atoms with van der Waals surface area (Å²) in [6, 6.07) is 8.37. The van der Waals surface area contributed by atoms with Crippen LogP contribution in [0.5, 0.6) is 0 Å². The van der Waals surface area contributed by atoms with Gasteiger partial charge in [0.2, 0.25) is 0 Å². The number of nitrogens with zero attached hydrogens (tertiary/aromatic N) is 2. The predicted octanol–water partition coefficient (Wildman–Crippen LogP) is 1.66. The zero-order chi connectivity index (χ0) is 18.6. The second-order valence-corrected chi connectivity index (χ2v) is 7.83. The van der Waals surface area contributed by atoms with E-state index < -0.39 is 16.0 Å². The monoisotopic (exact) mass is 376 g/mol. The lowest BCUT2D eigenvalue weighted by Crippen LogP contribution is -2.35. The summed E-state index contributed by atoms with van der Waals surface area (Å²) < 4.78 is 31.8. The van der Waals surface area contributed by atoms with E-state index in [1.165, 1.54) is 18.5 Å². The third-order valence-corrected chi connectivity index (χ3v) is 5.77. The van der Waals surface area contributed by atoms with Crippen molar-refractivity contribution < 1.29 is 23.1 Å². The Balaban J connectivity index is 1.73. The molecule has 3 rings (SSSR count). The molecule has 0 aliphatic carbocycles. The fraction of sp³-hybridized carbons (Fsp3) is 0.278. The minimum absolute atomic E-state index is 0.188. The number of carboxylic acids is 1. The van der Waals surface area contributed by atoms with Crippen LogP contribution < -0.4 is 0 Å². The third kappa shape index (κ3) is 4.40. The smallest absolute Gasteiger partial charge is 0.328 e. The first-order valence-corrected chi connectivity index (χ1v) is 9.63. The number of carbonyl (C=O) groups is 1. The molecular weight excluding hydrogens is 356 g/mol. The maximum Gasteiger partial charge on any atom is 0.328 e. The van der Waals surface area contributed by atoms with Crippen molar-refractivity contribution in [2.75, 3.05) is 26.3 Å². The molecule has 1 N–H and O–H groups in total. The second-order valence-electron chi connectivity index (χ2n) is 5.98. The first-order valence-electron chi connectivity index (χ1n) is 8.19. The van der Waals surface area contributed by atoms with Gasteiger partial charge in [0.15, 0.2) is 0 Å². The molecule has 0 radical (unpaired) electrons. The van der Waals surface area contributed by atoms with Crippen LogP contribution in [0, 0.1) is 0 Å². The number of aliphatic carboxylic acids is 1. The minimum Gasteiger partial charge on any atom is -0.478 e. The van der Waals surface area contributed by atoms with Crippen LogP contribution in [0.4, 0.5) is 0 Å². The largest absolute Gasteiger partial charge is 0.478 e. The van der Waals surface area contributed by atoms with Gasteiger partial charge in [-0.3, -0.25) is 4.90 Å². The highest BCUT2D eigenvalue weighted by Crippen LogP contribution is 2.17. The first-order chi connectivity index (χ1) is 12.4. The number of benzene rings is 1. The van der Waals surface area contributed by atoms with Gasteiger partial charge in [-0.2, -0.15) is 0 Å². The van der Waals surface area contributed by atoms with Crippen molar-refractivity contribution in [2.45, 2.75) is 11.4 Å². The Hall–Kier alpha value is -2.42. The maximum atomic E-state index is 12.7. The van der Waals surface area contributed by atoms with Crippen LogP contribution in [0.1, 0.15) is 11.1 Å². The predicted molar refractivity (Wildman–Crippen MR) is 96.2 cm³/mol. The summed E-state index contributed by atoms with van der Waals surface area (Å²) in [4.78, 5) is 13.0. The van der Waals surface area contributed by atoms with Crippen LogP contribution in [-0.2, 0) is 26.1 Å². The van der Waals surface area contributed by atoms with Gasteiger partial charge in [-0.25, -0.2) is 17.2 Å². The lowest BCUT2D eigenvalue weighted by Gasteiger charge is -2.26. The standard InChI is InChI=1S/C18H20N2O5S/c21-18(22)6-3-16-7-8-20(14-16)26(23,24)17-4-1-15(2-5-17)13-19-9-11-25-12-10-19/h1-8,14H,9-13H2,(H,21,22)/b6-3+. The van der Waals surface area contributed by atoms with Crippen molar-refractivity contribution >= 4 is 22.1 Å². The summed E-state index contributed by atoms with van der Waals surface area (Å²) in [5.41, 5.74) is 1.54. The van der Waals surface area contributed by atoms with Crippen molar-refractivity contribution in [3.8, 4) is 0 Å². The molecule has 1 aromatic heterocycles. The van der Waals surface area contributed by atoms with Crippen LogP contribution in [0.2, 0.25) is 0 Å². The fourth-order valence-corrected chi connectivity index (χ4v) is 3.92. The lowest BCUT2D eigenvalue weighted by molar-refractivity contribution is -0.131. The molecule has 138 valence electrons. The van der Waals surface area contributed by atoms with E-state index in [0.717, 1.165) is 48.5 Å². The molecule has 1 aliphatic rings. The van der Waals surface area contributed by atoms with Gasteiger partial charge in [-0.05, 0) is 35.4 Å². The van der Waals surface area contributed by atoms with Gasteiger partial charge in [-0.1, -0.05) is 12.1 Å². The summed E-state index contributed by atoms with van der Waals surface area (Å²) in [7, 11) is -3.70. The quantitative estimate of drug-likeness (QED) is 0.772. The molecule has 0 amide bonds. The van der Waals surface area contributed by atoms with Crippen LogP contribution in [0.25, 0.3) is 6.08 Å². The molecule has 0 atom stereocenters. The van der Waals surface area contributed by atoms with Gasteiger partial charge in [0.1, 0.15) is 0 Å². The molecule has 0 unspecified atom stereocenters. The topological polar surface area (TPSA) is 88.8 Å². The Kier molecular flexibility index (Phi) is 5.55. The molecule has 26 heavy (non-hydrogen) atoms. The van der Waals surface area contributed by atoms with Crippen molar-refractivity contribution in [1.29, 1.82) is 0 Å². The van der Waals surface area contributed by atoms with E-state index in [-0.39, 0.29) is 4.90 Å². The van der Waals surface area contributed by atoms with E-state index in [1.807, 2.05) is 12.1 Å². The average molecular weight is 376 g/mol. The summed E-state index contributed by atoms with van der Waals surface area (Å²) >= 11 is 0. The average Bonchev–Trinajstić information content (AvgIpc) is 3.11. The first kappa shape index (κ1) is 18.4. The van der Waals surface area contributed by atoms with Crippen molar-refractivity contribution in [2.24, 2.45) is 0 Å². The molecule has 1 saturated heterocycles. The van der Waals surface area contributed by atoms with Crippen LogP contribution in [-0.4, -0.2) is 54.7 Å². The molecule has 2 aromatic rings. The van der Waals surface area contributed by atoms with Gasteiger partial charge in [-0.15, -0.1) is 0 Å². The molecule has 1 aliphatic heterocycles. The highest BCUT2D eigenvalue weighted by Gasteiger charge is 2.17. The number of hydrogen-bond donors (Lipinski definition) is 1. The maximum absolute atomic E-state index is 12.7. The number of rotatable bonds is 6. The fourth-order valence-electron chi connectivity index (χ4n) is 2.71. The zero-order valence-corrected chi connectivity index (χ0v) is 14.9. The molecule has 8 heteroatoms. The van der Waals surface area contributed by atoms with Gasteiger partial charge < -0.3 is 9.84 Å². The Labute approximate surface area is 152 Å². The Morgan fingerprint density at radius 2 is 1.85 bits per heavy atom. The summed E-state index contributed by atoms with van der Waals surface area (Å²) in [6.07, 6.45) is 5.10. The number of aromatic nitrogens is 1. The number of morpholine rings is 1. The molecule has 1 fully saturated rings. The summed E-state index contributed by atoms with van der Waals surface area (Å²) in [6.45, 7) is 3.95. The van der Waals surface area contributed by atoms with E-state index in [1.54, 1.807) is 18.2 Å². The molecule has 1 aromatic carbocycles. The van der Waals surface area contributed by atoms with E-state index in [2.05, 4.69) is 4.90 Å². The normalized spacial score (nSPS) is 16.2. The molecule has 7 nitrogen and oxygen atoms in total. The SMILES string of the molecule is O=C(O)/C=C/c1ccn(S(=O)(=O)c2ccc(CN3CCOCC3)cc2)c1. The second kappa shape index (κ2) is 7.86. The van der Waals surface area contributed by atoms with E-state index in [0.29, 0.717) is 5.56 Å². The number of hydrogen-bond acceptors (Lipinski definition) is 5. The summed E-state index contributed by atoms with van der Waals surface area (Å²) in [5.74, 6) is -1.09. The van der Waals surface area contributed by atoms with E-state index >= 15 is 0 Å². The van der Waals surface area contributed by atoms with Gasteiger partial charge in [0, 0.05) is 38.1 Å². The van der Waals surface area contributed by atoms with Gasteiger partial charge in [0.25, 0.3) is 10.0 Å². The minimum atomic E-state index is -3.70. The highest BCUT2D eigenvalue weighted by molar-refractivity contribution is 7.90. The van der Waals surface area contributed by atoms with Crippen LogP contribution in [0.3, 0.4) is 0 Å². The van der Waals surface area contributed by atoms with Gasteiger partial charge in [0.05, 0.1) is 18.1 Å². The van der Waals surface area contributed by atoms with Gasteiger partial charge >= 0.3 is 5.97 Å². The zero-order valence-electron chi connectivity index (χ0n) is 14.1. The molecule has 0 bridgehead atoms.